The van der Waals surface area contributed by atoms with Gasteiger partial charge in [-0.05, 0) is 56.6 Å². The lowest BCUT2D eigenvalue weighted by atomic mass is 10.1. The van der Waals surface area contributed by atoms with Gasteiger partial charge in [0.2, 0.25) is 5.88 Å². The number of nitrogens with zero attached hydrogens (tertiary/aromatic N) is 1. The van der Waals surface area contributed by atoms with E-state index < -0.39 is 0 Å². The maximum absolute atomic E-state index is 6.00. The first kappa shape index (κ1) is 15.8. The van der Waals surface area contributed by atoms with Crippen LogP contribution in [0.2, 0.25) is 5.02 Å². The zero-order valence-electron chi connectivity index (χ0n) is 12.7. The highest BCUT2D eigenvalue weighted by atomic mass is 35.5. The van der Waals surface area contributed by atoms with Gasteiger partial charge in [-0.3, -0.25) is 0 Å². The van der Waals surface area contributed by atoms with Gasteiger partial charge in [-0.1, -0.05) is 24.6 Å². The Balaban J connectivity index is 2.27. The Bertz CT molecular complexity index is 614. The third-order valence-corrected chi connectivity index (χ3v) is 3.41. The summed E-state index contributed by atoms with van der Waals surface area (Å²) in [6.45, 7) is 7.94. The fourth-order valence-corrected chi connectivity index (χ4v) is 2.34. The molecule has 0 saturated heterocycles. The van der Waals surface area contributed by atoms with E-state index in [1.54, 1.807) is 6.07 Å². The summed E-state index contributed by atoms with van der Waals surface area (Å²) >= 11 is 6.00. The van der Waals surface area contributed by atoms with Crippen LogP contribution in [0.25, 0.3) is 0 Å². The van der Waals surface area contributed by atoms with E-state index in [4.69, 9.17) is 16.3 Å². The minimum Gasteiger partial charge on any atom is -0.439 e. The van der Waals surface area contributed by atoms with Gasteiger partial charge in [-0.25, -0.2) is 4.98 Å². The van der Waals surface area contributed by atoms with Crippen molar-refractivity contribution in [2.45, 2.75) is 33.7 Å². The molecule has 0 spiro atoms. The van der Waals surface area contributed by atoms with E-state index in [1.165, 1.54) is 5.56 Å². The van der Waals surface area contributed by atoms with Crippen LogP contribution in [0.5, 0.6) is 11.6 Å². The molecule has 112 valence electrons. The second-order valence-electron chi connectivity index (χ2n) is 5.10. The molecule has 0 aliphatic carbocycles. The van der Waals surface area contributed by atoms with Gasteiger partial charge in [0.15, 0.2) is 0 Å². The molecule has 1 N–H and O–H groups in total. The van der Waals surface area contributed by atoms with Gasteiger partial charge in [0, 0.05) is 22.8 Å². The summed E-state index contributed by atoms with van der Waals surface area (Å²) in [6, 6.07) is 9.45. The van der Waals surface area contributed by atoms with E-state index in [0.717, 1.165) is 30.8 Å². The van der Waals surface area contributed by atoms with E-state index in [9.17, 15) is 0 Å². The number of halogens is 1. The second kappa shape index (κ2) is 7.43. The Labute approximate surface area is 131 Å². The number of benzene rings is 1. The molecule has 0 saturated carbocycles. The van der Waals surface area contributed by atoms with E-state index in [1.807, 2.05) is 25.1 Å². The maximum atomic E-state index is 6.00. The number of aromatic nitrogens is 1. The minimum atomic E-state index is 0.651. The van der Waals surface area contributed by atoms with Gasteiger partial charge >= 0.3 is 0 Å². The standard InChI is InChI=1S/C17H21ClN2O/c1-4-8-19-11-16-12(2)9-13(3)20-17(16)21-15-7-5-6-14(18)10-15/h5-7,9-10,19H,4,8,11H2,1-3H3. The quantitative estimate of drug-likeness (QED) is 0.789. The molecule has 0 bridgehead atoms. The molecule has 0 aliphatic rings. The number of ether oxygens (including phenoxy) is 1. The summed E-state index contributed by atoms with van der Waals surface area (Å²) in [7, 11) is 0. The number of hydrogen-bond donors (Lipinski definition) is 1. The summed E-state index contributed by atoms with van der Waals surface area (Å²) < 4.78 is 5.95. The van der Waals surface area contributed by atoms with Crippen LogP contribution < -0.4 is 10.1 Å². The SMILES string of the molecule is CCCNCc1c(C)cc(C)nc1Oc1cccc(Cl)c1. The summed E-state index contributed by atoms with van der Waals surface area (Å²) in [4.78, 5) is 4.53. The van der Waals surface area contributed by atoms with Gasteiger partial charge in [0.05, 0.1) is 0 Å². The fourth-order valence-electron chi connectivity index (χ4n) is 2.16. The van der Waals surface area contributed by atoms with Crippen molar-refractivity contribution >= 4 is 11.6 Å². The summed E-state index contributed by atoms with van der Waals surface area (Å²) in [5, 5.41) is 4.06. The van der Waals surface area contributed by atoms with Crippen molar-refractivity contribution in [3.05, 3.63) is 52.2 Å². The van der Waals surface area contributed by atoms with E-state index in [2.05, 4.69) is 30.2 Å². The van der Waals surface area contributed by atoms with Crippen LogP contribution in [0.4, 0.5) is 0 Å². The molecule has 0 radical (unpaired) electrons. The molecule has 3 nitrogen and oxygen atoms in total. The molecule has 0 aliphatic heterocycles. The van der Waals surface area contributed by atoms with Crippen LogP contribution in [0, 0.1) is 13.8 Å². The Hall–Kier alpha value is -1.58. The van der Waals surface area contributed by atoms with Crippen molar-refractivity contribution in [2.75, 3.05) is 6.54 Å². The zero-order chi connectivity index (χ0) is 15.2. The molecule has 0 amide bonds. The van der Waals surface area contributed by atoms with Crippen molar-refractivity contribution in [3.8, 4) is 11.6 Å². The lowest BCUT2D eigenvalue weighted by molar-refractivity contribution is 0.450. The first-order valence-electron chi connectivity index (χ1n) is 7.21. The molecule has 0 fully saturated rings. The molecular weight excluding hydrogens is 284 g/mol. The lowest BCUT2D eigenvalue weighted by Crippen LogP contribution is -2.16. The smallest absolute Gasteiger partial charge is 0.224 e. The average Bonchev–Trinajstić information content (AvgIpc) is 2.42. The lowest BCUT2D eigenvalue weighted by Gasteiger charge is -2.14. The van der Waals surface area contributed by atoms with Gasteiger partial charge in [-0.15, -0.1) is 0 Å². The third-order valence-electron chi connectivity index (χ3n) is 3.18. The van der Waals surface area contributed by atoms with Crippen LogP contribution in [-0.2, 0) is 6.54 Å². The van der Waals surface area contributed by atoms with E-state index in [0.29, 0.717) is 16.7 Å². The number of pyridine rings is 1. The molecule has 0 unspecified atom stereocenters. The predicted octanol–water partition coefficient (Wildman–Crippen LogP) is 4.64. The Morgan fingerprint density at radius 2 is 2.05 bits per heavy atom. The summed E-state index contributed by atoms with van der Waals surface area (Å²) in [5.74, 6) is 1.36. The number of rotatable bonds is 6. The highest BCUT2D eigenvalue weighted by molar-refractivity contribution is 6.30. The van der Waals surface area contributed by atoms with Crippen molar-refractivity contribution in [1.29, 1.82) is 0 Å². The zero-order valence-corrected chi connectivity index (χ0v) is 13.5. The molecule has 21 heavy (non-hydrogen) atoms. The fraction of sp³-hybridized carbons (Fsp3) is 0.353. The van der Waals surface area contributed by atoms with Crippen molar-refractivity contribution in [2.24, 2.45) is 0 Å². The summed E-state index contributed by atoms with van der Waals surface area (Å²) in [5.41, 5.74) is 3.22. The van der Waals surface area contributed by atoms with Crippen molar-refractivity contribution in [3.63, 3.8) is 0 Å². The Morgan fingerprint density at radius 3 is 2.76 bits per heavy atom. The first-order valence-corrected chi connectivity index (χ1v) is 7.59. The van der Waals surface area contributed by atoms with Gasteiger partial charge in [0.1, 0.15) is 5.75 Å². The molecule has 0 atom stereocenters. The van der Waals surface area contributed by atoms with Gasteiger partial charge < -0.3 is 10.1 Å². The van der Waals surface area contributed by atoms with Crippen LogP contribution in [0.3, 0.4) is 0 Å². The van der Waals surface area contributed by atoms with Crippen LogP contribution in [0.1, 0.15) is 30.2 Å². The van der Waals surface area contributed by atoms with Gasteiger partial charge in [-0.2, -0.15) is 0 Å². The Kier molecular flexibility index (Phi) is 5.59. The molecular formula is C17H21ClN2O. The number of hydrogen-bond acceptors (Lipinski definition) is 3. The van der Waals surface area contributed by atoms with E-state index in [-0.39, 0.29) is 0 Å². The maximum Gasteiger partial charge on any atom is 0.224 e. The second-order valence-corrected chi connectivity index (χ2v) is 5.54. The predicted molar refractivity (Wildman–Crippen MR) is 87.2 cm³/mol. The topological polar surface area (TPSA) is 34.2 Å². The number of aryl methyl sites for hydroxylation is 2. The molecule has 1 heterocycles. The van der Waals surface area contributed by atoms with Crippen molar-refractivity contribution in [1.82, 2.24) is 10.3 Å². The van der Waals surface area contributed by atoms with Crippen molar-refractivity contribution < 1.29 is 4.74 Å². The highest BCUT2D eigenvalue weighted by Crippen LogP contribution is 2.27. The van der Waals surface area contributed by atoms with Crippen LogP contribution in [0.15, 0.2) is 30.3 Å². The molecule has 1 aromatic heterocycles. The highest BCUT2D eigenvalue weighted by Gasteiger charge is 2.11. The third kappa shape index (κ3) is 4.45. The van der Waals surface area contributed by atoms with Crippen LogP contribution >= 0.6 is 11.6 Å². The molecule has 1 aromatic carbocycles. The average molecular weight is 305 g/mol. The minimum absolute atomic E-state index is 0.651. The molecule has 2 aromatic rings. The van der Waals surface area contributed by atoms with Crippen LogP contribution in [-0.4, -0.2) is 11.5 Å². The first-order chi connectivity index (χ1) is 10.1. The summed E-state index contributed by atoms with van der Waals surface area (Å²) in [6.07, 6.45) is 1.10. The Morgan fingerprint density at radius 1 is 1.24 bits per heavy atom. The normalized spacial score (nSPS) is 10.7. The van der Waals surface area contributed by atoms with Gasteiger partial charge in [0.25, 0.3) is 0 Å². The monoisotopic (exact) mass is 304 g/mol. The number of nitrogens with one attached hydrogen (secondary N) is 1. The molecule has 2 rings (SSSR count). The largest absolute Gasteiger partial charge is 0.439 e. The molecule has 4 heteroatoms. The van der Waals surface area contributed by atoms with E-state index >= 15 is 0 Å².